The molecule has 0 spiro atoms. The number of rotatable bonds is 6. The molecular weight excluding hydrogens is 276 g/mol. The Hall–Kier alpha value is -1.58. The lowest BCUT2D eigenvalue weighted by Gasteiger charge is -2.21. The molecule has 0 fully saturated rings. The molecule has 1 aromatic carbocycles. The third-order valence-electron chi connectivity index (χ3n) is 3.22. The maximum Gasteiger partial charge on any atom is 0.246 e. The van der Waals surface area contributed by atoms with Crippen LogP contribution in [0.2, 0.25) is 0 Å². The highest BCUT2D eigenvalue weighted by Gasteiger charge is 2.26. The number of nitriles is 1. The van der Waals surface area contributed by atoms with E-state index in [4.69, 9.17) is 10.00 Å². The standard InChI is InChI=1S/C14H20N2O3S/c1-5-16(8-6-7-15)20(17,18)14-10-12(3)11(2)9-13(14)19-4/h9-10H,5-6,8H2,1-4H3. The van der Waals surface area contributed by atoms with Gasteiger partial charge in [-0.2, -0.15) is 9.57 Å². The van der Waals surface area contributed by atoms with Gasteiger partial charge < -0.3 is 4.74 Å². The number of ether oxygens (including phenoxy) is 1. The zero-order valence-electron chi connectivity index (χ0n) is 12.3. The van der Waals surface area contributed by atoms with E-state index in [-0.39, 0.29) is 17.9 Å². The summed E-state index contributed by atoms with van der Waals surface area (Å²) in [6, 6.07) is 5.31. The van der Waals surface area contributed by atoms with Crippen LogP contribution in [0.4, 0.5) is 0 Å². The Morgan fingerprint density at radius 3 is 2.40 bits per heavy atom. The first-order chi connectivity index (χ1) is 9.38. The molecule has 0 N–H and O–H groups in total. The van der Waals surface area contributed by atoms with Crippen molar-refractivity contribution in [1.82, 2.24) is 4.31 Å². The van der Waals surface area contributed by atoms with E-state index in [0.717, 1.165) is 11.1 Å². The molecule has 0 bridgehead atoms. The summed E-state index contributed by atoms with van der Waals surface area (Å²) >= 11 is 0. The van der Waals surface area contributed by atoms with Crippen molar-refractivity contribution in [2.45, 2.75) is 32.1 Å². The molecule has 0 aliphatic rings. The Bertz CT molecular complexity index is 618. The molecule has 6 heteroatoms. The fourth-order valence-electron chi connectivity index (χ4n) is 1.89. The summed E-state index contributed by atoms with van der Waals surface area (Å²) in [4.78, 5) is 0.155. The van der Waals surface area contributed by atoms with Gasteiger partial charge in [0.2, 0.25) is 10.0 Å². The Morgan fingerprint density at radius 1 is 1.30 bits per heavy atom. The summed E-state index contributed by atoms with van der Waals surface area (Å²) in [5.74, 6) is 0.337. The lowest BCUT2D eigenvalue weighted by Crippen LogP contribution is -2.32. The number of benzene rings is 1. The number of hydrogen-bond donors (Lipinski definition) is 0. The molecule has 0 unspecified atom stereocenters. The van der Waals surface area contributed by atoms with Gasteiger partial charge in [-0.3, -0.25) is 0 Å². The second-order valence-electron chi connectivity index (χ2n) is 4.49. The van der Waals surface area contributed by atoms with Gasteiger partial charge >= 0.3 is 0 Å². The van der Waals surface area contributed by atoms with Crippen LogP contribution in [0.15, 0.2) is 17.0 Å². The maximum atomic E-state index is 12.6. The van der Waals surface area contributed by atoms with Gasteiger partial charge in [0, 0.05) is 19.5 Å². The van der Waals surface area contributed by atoms with Gasteiger partial charge in [0.1, 0.15) is 10.6 Å². The minimum absolute atomic E-state index is 0.155. The Kier molecular flexibility index (Phi) is 5.54. The molecule has 0 amide bonds. The quantitative estimate of drug-likeness (QED) is 0.807. The second-order valence-corrected chi connectivity index (χ2v) is 6.40. The van der Waals surface area contributed by atoms with Crippen LogP contribution in [-0.4, -0.2) is 32.9 Å². The number of methoxy groups -OCH3 is 1. The molecule has 0 heterocycles. The molecular formula is C14H20N2O3S. The Balaban J connectivity index is 3.34. The third-order valence-corrected chi connectivity index (χ3v) is 5.22. The van der Waals surface area contributed by atoms with Crippen molar-refractivity contribution in [2.24, 2.45) is 0 Å². The highest BCUT2D eigenvalue weighted by atomic mass is 32.2. The SMILES string of the molecule is CCN(CCC#N)S(=O)(=O)c1cc(C)c(C)cc1OC. The number of aryl methyl sites for hydroxylation is 2. The van der Waals surface area contributed by atoms with E-state index in [2.05, 4.69) is 0 Å². The summed E-state index contributed by atoms with van der Waals surface area (Å²) in [5, 5.41) is 8.63. The van der Waals surface area contributed by atoms with E-state index in [9.17, 15) is 8.42 Å². The van der Waals surface area contributed by atoms with Gasteiger partial charge in [-0.25, -0.2) is 8.42 Å². The minimum Gasteiger partial charge on any atom is -0.495 e. The topological polar surface area (TPSA) is 70.4 Å². The van der Waals surface area contributed by atoms with Gasteiger partial charge in [-0.1, -0.05) is 6.92 Å². The van der Waals surface area contributed by atoms with Crippen molar-refractivity contribution < 1.29 is 13.2 Å². The van der Waals surface area contributed by atoms with Crippen LogP contribution in [0, 0.1) is 25.2 Å². The largest absolute Gasteiger partial charge is 0.495 e. The van der Waals surface area contributed by atoms with Crippen LogP contribution in [0.3, 0.4) is 0 Å². The van der Waals surface area contributed by atoms with Crippen molar-refractivity contribution >= 4 is 10.0 Å². The smallest absolute Gasteiger partial charge is 0.246 e. The molecule has 0 radical (unpaired) electrons. The fraction of sp³-hybridized carbons (Fsp3) is 0.500. The highest BCUT2D eigenvalue weighted by Crippen LogP contribution is 2.29. The lowest BCUT2D eigenvalue weighted by atomic mass is 10.1. The highest BCUT2D eigenvalue weighted by molar-refractivity contribution is 7.89. The summed E-state index contributed by atoms with van der Waals surface area (Å²) in [7, 11) is -2.20. The van der Waals surface area contributed by atoms with Gasteiger partial charge in [0.15, 0.2) is 0 Å². The molecule has 0 aliphatic heterocycles. The molecule has 1 aromatic rings. The van der Waals surface area contributed by atoms with Crippen LogP contribution in [-0.2, 0) is 10.0 Å². The fourth-order valence-corrected chi connectivity index (χ4v) is 3.56. The molecule has 5 nitrogen and oxygen atoms in total. The van der Waals surface area contributed by atoms with E-state index in [1.807, 2.05) is 19.9 Å². The molecule has 110 valence electrons. The average Bonchev–Trinajstić information content (AvgIpc) is 2.41. The number of nitrogens with zero attached hydrogens (tertiary/aromatic N) is 2. The Morgan fingerprint density at radius 2 is 1.90 bits per heavy atom. The number of sulfonamides is 1. The first-order valence-corrected chi connectivity index (χ1v) is 7.84. The zero-order valence-corrected chi connectivity index (χ0v) is 13.1. The van der Waals surface area contributed by atoms with Crippen molar-refractivity contribution in [3.8, 4) is 11.8 Å². The summed E-state index contributed by atoms with van der Waals surface area (Å²) < 4.78 is 31.8. The molecule has 0 aromatic heterocycles. The zero-order chi connectivity index (χ0) is 15.3. The first kappa shape index (κ1) is 16.5. The van der Waals surface area contributed by atoms with Crippen molar-refractivity contribution in [1.29, 1.82) is 5.26 Å². The summed E-state index contributed by atoms with van der Waals surface area (Å²) in [6.45, 7) is 6.02. The van der Waals surface area contributed by atoms with Gasteiger partial charge in [-0.15, -0.1) is 0 Å². The second kappa shape index (κ2) is 6.73. The first-order valence-electron chi connectivity index (χ1n) is 6.40. The monoisotopic (exact) mass is 296 g/mol. The van der Waals surface area contributed by atoms with E-state index >= 15 is 0 Å². The van der Waals surface area contributed by atoms with Crippen LogP contribution < -0.4 is 4.74 Å². The summed E-state index contributed by atoms with van der Waals surface area (Å²) in [5.41, 5.74) is 1.86. The number of hydrogen-bond acceptors (Lipinski definition) is 4. The van der Waals surface area contributed by atoms with Crippen molar-refractivity contribution in [3.63, 3.8) is 0 Å². The lowest BCUT2D eigenvalue weighted by molar-refractivity contribution is 0.393. The van der Waals surface area contributed by atoms with E-state index in [0.29, 0.717) is 12.3 Å². The third kappa shape index (κ3) is 3.30. The molecule has 0 saturated heterocycles. The normalized spacial score (nSPS) is 11.4. The van der Waals surface area contributed by atoms with E-state index in [1.54, 1.807) is 19.1 Å². The van der Waals surface area contributed by atoms with Gasteiger partial charge in [0.25, 0.3) is 0 Å². The summed E-state index contributed by atoms with van der Waals surface area (Å²) in [6.07, 6.45) is 0.167. The average molecular weight is 296 g/mol. The maximum absolute atomic E-state index is 12.6. The molecule has 20 heavy (non-hydrogen) atoms. The van der Waals surface area contributed by atoms with Gasteiger partial charge in [-0.05, 0) is 37.1 Å². The molecule has 0 atom stereocenters. The van der Waals surface area contributed by atoms with Gasteiger partial charge in [0.05, 0.1) is 13.2 Å². The minimum atomic E-state index is -3.65. The van der Waals surface area contributed by atoms with Crippen LogP contribution in [0.1, 0.15) is 24.5 Å². The molecule has 1 rings (SSSR count). The predicted octanol–water partition coefficient (Wildman–Crippen LogP) is 2.24. The predicted molar refractivity (Wildman–Crippen MR) is 77.1 cm³/mol. The van der Waals surface area contributed by atoms with Crippen molar-refractivity contribution in [3.05, 3.63) is 23.3 Å². The molecule has 0 saturated carbocycles. The van der Waals surface area contributed by atoms with E-state index < -0.39 is 10.0 Å². The Labute approximate surface area is 120 Å². The molecule has 0 aliphatic carbocycles. The van der Waals surface area contributed by atoms with Crippen molar-refractivity contribution in [2.75, 3.05) is 20.2 Å². The van der Waals surface area contributed by atoms with E-state index in [1.165, 1.54) is 11.4 Å². The van der Waals surface area contributed by atoms with Crippen LogP contribution in [0.5, 0.6) is 5.75 Å². The van der Waals surface area contributed by atoms with Crippen LogP contribution >= 0.6 is 0 Å². The van der Waals surface area contributed by atoms with Crippen LogP contribution in [0.25, 0.3) is 0 Å².